The van der Waals surface area contributed by atoms with Crippen LogP contribution in [0.5, 0.6) is 17.2 Å². The number of nitrogens with one attached hydrogen (secondary N) is 1. The normalized spacial score (nSPS) is 14.9. The Balaban J connectivity index is 1.60. The molecule has 0 spiro atoms. The molecule has 0 unspecified atom stereocenters. The van der Waals surface area contributed by atoms with E-state index in [0.717, 1.165) is 10.5 Å². The van der Waals surface area contributed by atoms with Gasteiger partial charge in [-0.15, -0.1) is 0 Å². The molecule has 1 heterocycles. The van der Waals surface area contributed by atoms with Crippen LogP contribution < -0.4 is 24.4 Å². The SMILES string of the molecule is CCOc1ccc(N2C(=O)C[C@@H](N(Cc3ccc(OC)cc3)C(=O)Nc3ccc(OC)cc3)C2=O)cc1. The van der Waals surface area contributed by atoms with E-state index in [0.29, 0.717) is 35.2 Å². The van der Waals surface area contributed by atoms with Crippen molar-refractivity contribution in [1.82, 2.24) is 4.90 Å². The fourth-order valence-corrected chi connectivity index (χ4v) is 4.11. The van der Waals surface area contributed by atoms with Gasteiger partial charge in [0.25, 0.3) is 5.91 Å². The number of hydrogen-bond acceptors (Lipinski definition) is 6. The van der Waals surface area contributed by atoms with Crippen LogP contribution >= 0.6 is 0 Å². The number of hydrogen-bond donors (Lipinski definition) is 1. The minimum atomic E-state index is -0.973. The maximum absolute atomic E-state index is 13.5. The molecule has 1 aliphatic heterocycles. The molecule has 0 saturated carbocycles. The molecule has 3 aromatic carbocycles. The Kier molecular flexibility index (Phi) is 7.92. The average Bonchev–Trinajstić information content (AvgIpc) is 3.21. The van der Waals surface area contributed by atoms with Crippen molar-refractivity contribution < 1.29 is 28.6 Å². The number of benzene rings is 3. The summed E-state index contributed by atoms with van der Waals surface area (Å²) in [6.07, 6.45) is -0.127. The summed E-state index contributed by atoms with van der Waals surface area (Å²) in [7, 11) is 3.13. The summed E-state index contributed by atoms with van der Waals surface area (Å²) in [5, 5.41) is 2.83. The monoisotopic (exact) mass is 503 g/mol. The van der Waals surface area contributed by atoms with E-state index in [4.69, 9.17) is 14.2 Å². The molecule has 1 saturated heterocycles. The van der Waals surface area contributed by atoms with Crippen LogP contribution in [0.4, 0.5) is 16.2 Å². The Labute approximate surface area is 215 Å². The molecule has 1 N–H and O–H groups in total. The lowest BCUT2D eigenvalue weighted by molar-refractivity contribution is -0.122. The van der Waals surface area contributed by atoms with E-state index in [-0.39, 0.29) is 18.9 Å². The number of methoxy groups -OCH3 is 2. The van der Waals surface area contributed by atoms with E-state index in [1.165, 1.54) is 4.90 Å². The van der Waals surface area contributed by atoms with Gasteiger partial charge >= 0.3 is 6.03 Å². The third-order valence-electron chi connectivity index (χ3n) is 6.02. The molecule has 0 bridgehead atoms. The highest BCUT2D eigenvalue weighted by Gasteiger charge is 2.44. The van der Waals surface area contributed by atoms with Crippen LogP contribution in [0.15, 0.2) is 72.8 Å². The molecule has 192 valence electrons. The van der Waals surface area contributed by atoms with Crippen molar-refractivity contribution in [3.05, 3.63) is 78.4 Å². The Hall–Kier alpha value is -4.53. The number of carbonyl (C=O) groups excluding carboxylic acids is 3. The van der Waals surface area contributed by atoms with E-state index >= 15 is 0 Å². The molecule has 37 heavy (non-hydrogen) atoms. The quantitative estimate of drug-likeness (QED) is 0.433. The smallest absolute Gasteiger partial charge is 0.322 e. The Morgan fingerprint density at radius 3 is 2.03 bits per heavy atom. The predicted octanol–water partition coefficient (Wildman–Crippen LogP) is 4.47. The first-order valence-electron chi connectivity index (χ1n) is 11.9. The Morgan fingerprint density at radius 1 is 0.892 bits per heavy atom. The second-order valence-corrected chi connectivity index (χ2v) is 8.35. The van der Waals surface area contributed by atoms with Crippen molar-refractivity contribution in [2.75, 3.05) is 31.0 Å². The van der Waals surface area contributed by atoms with Crippen LogP contribution in [0, 0.1) is 0 Å². The molecule has 1 atom stereocenters. The predicted molar refractivity (Wildman–Crippen MR) is 139 cm³/mol. The second-order valence-electron chi connectivity index (χ2n) is 8.35. The minimum absolute atomic E-state index is 0.118. The molecule has 4 amide bonds. The number of amides is 4. The molecule has 0 aliphatic carbocycles. The molecular formula is C28H29N3O6. The number of ether oxygens (including phenoxy) is 3. The molecule has 0 aromatic heterocycles. The molecule has 1 fully saturated rings. The van der Waals surface area contributed by atoms with Crippen molar-refractivity contribution in [2.24, 2.45) is 0 Å². The first-order valence-corrected chi connectivity index (χ1v) is 11.9. The summed E-state index contributed by atoms with van der Waals surface area (Å²) in [5.74, 6) is 1.12. The van der Waals surface area contributed by atoms with Crippen LogP contribution in [0.1, 0.15) is 18.9 Å². The van der Waals surface area contributed by atoms with Crippen molar-refractivity contribution >= 4 is 29.2 Å². The van der Waals surface area contributed by atoms with Gasteiger partial charge in [-0.05, 0) is 73.2 Å². The van der Waals surface area contributed by atoms with E-state index in [1.54, 1.807) is 74.9 Å². The molecule has 9 heteroatoms. The fraction of sp³-hybridized carbons (Fsp3) is 0.250. The van der Waals surface area contributed by atoms with E-state index in [9.17, 15) is 14.4 Å². The summed E-state index contributed by atoms with van der Waals surface area (Å²) < 4.78 is 15.8. The van der Waals surface area contributed by atoms with Crippen LogP contribution in [0.3, 0.4) is 0 Å². The zero-order chi connectivity index (χ0) is 26.4. The third kappa shape index (κ3) is 5.83. The Morgan fingerprint density at radius 2 is 1.46 bits per heavy atom. The van der Waals surface area contributed by atoms with Gasteiger partial charge in [0.1, 0.15) is 23.3 Å². The summed E-state index contributed by atoms with van der Waals surface area (Å²) in [6.45, 7) is 2.50. The molecule has 9 nitrogen and oxygen atoms in total. The number of carbonyl (C=O) groups is 3. The number of anilines is 2. The number of nitrogens with zero attached hydrogens (tertiary/aromatic N) is 2. The largest absolute Gasteiger partial charge is 0.497 e. The molecule has 3 aromatic rings. The number of urea groups is 1. The second kappa shape index (κ2) is 11.5. The lowest BCUT2D eigenvalue weighted by Gasteiger charge is -2.28. The van der Waals surface area contributed by atoms with E-state index in [1.807, 2.05) is 19.1 Å². The van der Waals surface area contributed by atoms with Crippen molar-refractivity contribution in [2.45, 2.75) is 25.9 Å². The fourth-order valence-electron chi connectivity index (χ4n) is 4.11. The summed E-state index contributed by atoms with van der Waals surface area (Å²) in [4.78, 5) is 42.5. The molecular weight excluding hydrogens is 474 g/mol. The summed E-state index contributed by atoms with van der Waals surface area (Å²) in [6, 6.07) is 19.3. The number of imide groups is 1. The highest BCUT2D eigenvalue weighted by atomic mass is 16.5. The van der Waals surface area contributed by atoms with Gasteiger partial charge in [0.05, 0.1) is 32.9 Å². The molecule has 0 radical (unpaired) electrons. The van der Waals surface area contributed by atoms with Gasteiger partial charge in [0.15, 0.2) is 0 Å². The van der Waals surface area contributed by atoms with Crippen LogP contribution in [-0.2, 0) is 16.1 Å². The molecule has 4 rings (SSSR count). The van der Waals surface area contributed by atoms with Gasteiger partial charge in [-0.25, -0.2) is 9.69 Å². The molecule has 1 aliphatic rings. The lowest BCUT2D eigenvalue weighted by Crippen LogP contribution is -2.46. The van der Waals surface area contributed by atoms with E-state index in [2.05, 4.69) is 5.32 Å². The van der Waals surface area contributed by atoms with Gasteiger partial charge in [-0.1, -0.05) is 12.1 Å². The summed E-state index contributed by atoms with van der Waals surface area (Å²) in [5.41, 5.74) is 1.75. The zero-order valence-corrected chi connectivity index (χ0v) is 21.0. The van der Waals surface area contributed by atoms with Crippen LogP contribution in [-0.4, -0.2) is 49.6 Å². The van der Waals surface area contributed by atoms with Gasteiger partial charge in [-0.3, -0.25) is 9.59 Å². The van der Waals surface area contributed by atoms with Crippen molar-refractivity contribution in [1.29, 1.82) is 0 Å². The highest BCUT2D eigenvalue weighted by molar-refractivity contribution is 6.23. The summed E-state index contributed by atoms with van der Waals surface area (Å²) >= 11 is 0. The average molecular weight is 504 g/mol. The first-order chi connectivity index (χ1) is 17.9. The third-order valence-corrected chi connectivity index (χ3v) is 6.02. The van der Waals surface area contributed by atoms with Gasteiger partial charge in [0.2, 0.25) is 5.91 Å². The van der Waals surface area contributed by atoms with E-state index < -0.39 is 18.0 Å². The van der Waals surface area contributed by atoms with Crippen molar-refractivity contribution in [3.63, 3.8) is 0 Å². The number of rotatable bonds is 9. The van der Waals surface area contributed by atoms with Crippen molar-refractivity contribution in [3.8, 4) is 17.2 Å². The van der Waals surface area contributed by atoms with Gasteiger partial charge in [-0.2, -0.15) is 0 Å². The maximum Gasteiger partial charge on any atom is 0.322 e. The highest BCUT2D eigenvalue weighted by Crippen LogP contribution is 2.29. The lowest BCUT2D eigenvalue weighted by atomic mass is 10.1. The zero-order valence-electron chi connectivity index (χ0n) is 21.0. The standard InChI is InChI=1S/C28H29N3O6/c1-4-37-24-15-9-21(10-16-24)31-26(32)17-25(27(31)33)30(18-19-5-11-22(35-2)12-6-19)28(34)29-20-7-13-23(36-3)14-8-20/h5-16,25H,4,17-18H2,1-3H3,(H,29,34)/t25-/m1/s1. The Bertz CT molecular complexity index is 1240. The topological polar surface area (TPSA) is 97.4 Å². The van der Waals surface area contributed by atoms with Crippen LogP contribution in [0.25, 0.3) is 0 Å². The minimum Gasteiger partial charge on any atom is -0.497 e. The van der Waals surface area contributed by atoms with Crippen LogP contribution in [0.2, 0.25) is 0 Å². The van der Waals surface area contributed by atoms with Gasteiger partial charge < -0.3 is 24.4 Å². The maximum atomic E-state index is 13.5. The first kappa shape index (κ1) is 25.6. The van der Waals surface area contributed by atoms with Gasteiger partial charge in [0, 0.05) is 12.2 Å².